The minimum Gasteiger partial charge on any atom is -0.508 e. The van der Waals surface area contributed by atoms with Gasteiger partial charge in [0.25, 0.3) is 0 Å². The number of carboxylic acids is 1. The van der Waals surface area contributed by atoms with Crippen molar-refractivity contribution < 1.29 is 91.7 Å². The van der Waals surface area contributed by atoms with E-state index in [1.807, 2.05) is 26.0 Å². The minimum absolute atomic E-state index is 0. The van der Waals surface area contributed by atoms with E-state index >= 15 is 0 Å². The van der Waals surface area contributed by atoms with Crippen molar-refractivity contribution in [2.24, 2.45) is 34.6 Å². The molecule has 1 aromatic heterocycles. The van der Waals surface area contributed by atoms with E-state index < -0.39 is 197 Å². The van der Waals surface area contributed by atoms with Gasteiger partial charge in [-0.25, -0.2) is 0 Å². The lowest BCUT2D eigenvalue weighted by Gasteiger charge is -2.33. The highest BCUT2D eigenvalue weighted by molar-refractivity contribution is 6.41. The first kappa shape index (κ1) is 96.6. The number of allylic oxidation sites excluding steroid dienone is 2. The summed E-state index contributed by atoms with van der Waals surface area (Å²) >= 11 is 0. The number of carbonyl (C=O) groups is 17. The minimum atomic E-state index is -1.78. The molecule has 0 saturated heterocycles. The number of Topliss-reactive ketones (excluding diaryl/α,β-unsaturated/α-hetero) is 5. The summed E-state index contributed by atoms with van der Waals surface area (Å²) in [5.41, 5.74) is 9.25. The van der Waals surface area contributed by atoms with Gasteiger partial charge in [-0.2, -0.15) is 0 Å². The number of aliphatic carboxylic acids is 1. The smallest absolute Gasteiger partial charge is 0.303 e. The summed E-state index contributed by atoms with van der Waals surface area (Å²) in [5, 5.41) is 49.9. The van der Waals surface area contributed by atoms with Crippen molar-refractivity contribution in [3.05, 3.63) is 78.0 Å². The van der Waals surface area contributed by atoms with E-state index in [9.17, 15) is 91.7 Å². The van der Waals surface area contributed by atoms with Crippen LogP contribution in [0.2, 0.25) is 0 Å². The maximum absolute atomic E-state index is 15.0. The van der Waals surface area contributed by atoms with E-state index in [0.29, 0.717) is 67.0 Å². The Hall–Kier alpha value is -10.6. The van der Waals surface area contributed by atoms with Crippen LogP contribution in [0.3, 0.4) is 0 Å². The number of H-pyrrole nitrogens is 1. The maximum Gasteiger partial charge on any atom is 0.303 e. The van der Waals surface area contributed by atoms with Crippen LogP contribution >= 0.6 is 0 Å². The molecule has 1 aliphatic rings. The number of carboxylic acid groups (broad SMARTS) is 1. The van der Waals surface area contributed by atoms with Gasteiger partial charge in [0.1, 0.15) is 53.3 Å². The number of ketones is 5. The molecule has 3 unspecified atom stereocenters. The third-order valence-corrected chi connectivity index (χ3v) is 19.7. The molecule has 3 aromatic rings. The normalized spacial score (nSPS) is 23.2. The van der Waals surface area contributed by atoms with E-state index in [4.69, 9.17) is 11.5 Å². The number of phenolic OH excluding ortho intramolecular Hbond substituents is 1. The van der Waals surface area contributed by atoms with Crippen LogP contribution < -0.4 is 70.0 Å². The molecule has 11 amide bonds. The zero-order valence-corrected chi connectivity index (χ0v) is 66.3. The monoisotopic (exact) mass is 1580 g/mol. The Morgan fingerprint density at radius 2 is 1.13 bits per heavy atom. The number of nitrogens with one attached hydrogen (secondary N) is 12. The average Bonchev–Trinajstić information content (AvgIpc) is 1.73. The molecule has 4 rings (SSSR count). The van der Waals surface area contributed by atoms with Gasteiger partial charge in [0.2, 0.25) is 88.1 Å². The number of primary amides is 2. The molecule has 0 bridgehead atoms. The second kappa shape index (κ2) is 46.4. The van der Waals surface area contributed by atoms with Crippen molar-refractivity contribution in [3.8, 4) is 5.75 Å². The molecule has 624 valence electrons. The summed E-state index contributed by atoms with van der Waals surface area (Å²) in [4.78, 5) is 236. The Balaban J connectivity index is 0.0000331. The number of benzene rings is 2. The van der Waals surface area contributed by atoms with E-state index in [2.05, 4.69) is 63.5 Å². The largest absolute Gasteiger partial charge is 0.508 e. The summed E-state index contributed by atoms with van der Waals surface area (Å²) in [6, 6.07) is -1.59. The standard InChI is InChI=1S/C79H116N14O19.CH4/c1-43(2)36-54-42-84-58(30-32-62(80)96)67(102)66(101)48(7)86-74(109)61(38-53-41-83-57-25-21-20-24-56(53)57)91-75(110)60(37-52-26-28-55(95)29-27-52)90-73(108)59(31-33-63(97)98)92-76(111)78(11,39-45(4)94)34-22-18-16-14-13-15-17-19-23-35-79(12,93-72(54)107)77(112)89-51(10)71(106)88-50(9)70(105)87-49(8)69(104)85-47(6)65(100)64(99)46(5)82-40-44(3)68(81)103;/h15,17,20-21,24-29,41,43-44,46-51,54,58-61,82-84,95H,13-14,16,18-19,22-23,30-40,42H2,1-12H3,(H2,80,96)(H2,81,103)(H,85,104)(H,86,109)(H,87,105)(H,88,106)(H,89,112)(H,90,108)(H,91,110)(H,92,111)(H,93,107)(H,97,98);1H4/b17-15+;/t44-,46-,47-,48-,49?,50-,51?,54+,58-,59-,60?,61-,78-,79-;/m0./s1. The molecule has 0 aliphatic carbocycles. The Morgan fingerprint density at radius 3 is 1.72 bits per heavy atom. The molecule has 33 nitrogen and oxygen atoms in total. The van der Waals surface area contributed by atoms with Gasteiger partial charge in [-0.15, -0.1) is 0 Å². The lowest BCUT2D eigenvalue weighted by Crippen LogP contribution is -2.62. The number of para-hydroxylation sites is 1. The lowest BCUT2D eigenvalue weighted by molar-refractivity contribution is -0.140. The number of hydrogen-bond acceptors (Lipinski definition) is 20. The number of hydrogen-bond donors (Lipinski definition) is 16. The van der Waals surface area contributed by atoms with Crippen molar-refractivity contribution in [1.82, 2.24) is 63.5 Å². The molecule has 18 N–H and O–H groups in total. The summed E-state index contributed by atoms with van der Waals surface area (Å²) in [7, 11) is 0. The number of amides is 11. The fraction of sp³-hybridized carbons (Fsp3) is 0.588. The average molecular weight is 1580 g/mol. The first-order valence-electron chi connectivity index (χ1n) is 38.2. The fourth-order valence-electron chi connectivity index (χ4n) is 12.7. The van der Waals surface area contributed by atoms with Crippen LogP contribution in [0, 0.1) is 23.2 Å². The number of aromatic nitrogens is 1. The maximum atomic E-state index is 15.0. The fourth-order valence-corrected chi connectivity index (χ4v) is 12.7. The molecule has 0 fully saturated rings. The van der Waals surface area contributed by atoms with E-state index in [1.165, 1.54) is 86.6 Å². The first-order chi connectivity index (χ1) is 52.6. The van der Waals surface area contributed by atoms with Crippen molar-refractivity contribution >= 4 is 111 Å². The Morgan fingerprint density at radius 1 is 0.593 bits per heavy atom. The number of aromatic amines is 1. The Bertz CT molecular complexity index is 3900. The van der Waals surface area contributed by atoms with Crippen LogP contribution in [0.25, 0.3) is 10.9 Å². The highest BCUT2D eigenvalue weighted by Gasteiger charge is 2.42. The molecule has 33 heteroatoms. The topological polar surface area (TPSA) is 531 Å². The van der Waals surface area contributed by atoms with E-state index in [-0.39, 0.29) is 82.9 Å². The van der Waals surface area contributed by atoms with Crippen LogP contribution in [0.1, 0.15) is 198 Å². The lowest BCUT2D eigenvalue weighted by atomic mass is 9.79. The number of fused-ring (bicyclic) bond motifs is 1. The Labute approximate surface area is 660 Å². The van der Waals surface area contributed by atoms with Crippen LogP contribution in [-0.2, 0) is 94.3 Å². The Kier molecular flexibility index (Phi) is 39.7. The molecular formula is C80H120N14O19. The van der Waals surface area contributed by atoms with Crippen molar-refractivity contribution in [3.63, 3.8) is 0 Å². The molecular weight excluding hydrogens is 1460 g/mol. The molecule has 2 heterocycles. The predicted octanol–water partition coefficient (Wildman–Crippen LogP) is 2.34. The van der Waals surface area contributed by atoms with Gasteiger partial charge >= 0.3 is 5.97 Å². The van der Waals surface area contributed by atoms with Gasteiger partial charge in [-0.1, -0.05) is 96.9 Å². The highest BCUT2D eigenvalue weighted by Crippen LogP contribution is 2.31. The molecule has 1 aliphatic heterocycles. The van der Waals surface area contributed by atoms with Gasteiger partial charge in [0, 0.05) is 68.2 Å². The van der Waals surface area contributed by atoms with Gasteiger partial charge < -0.3 is 85.1 Å². The van der Waals surface area contributed by atoms with Crippen LogP contribution in [0.15, 0.2) is 66.9 Å². The van der Waals surface area contributed by atoms with Crippen LogP contribution in [0.5, 0.6) is 5.75 Å². The summed E-state index contributed by atoms with van der Waals surface area (Å²) in [5.74, 6) is -17.1. The second-order valence-electron chi connectivity index (χ2n) is 30.4. The van der Waals surface area contributed by atoms with E-state index in [0.717, 1.165) is 0 Å². The number of rotatable bonds is 29. The highest BCUT2D eigenvalue weighted by atomic mass is 16.4. The first-order valence-corrected chi connectivity index (χ1v) is 38.2. The van der Waals surface area contributed by atoms with Crippen molar-refractivity contribution in [2.75, 3.05) is 13.1 Å². The van der Waals surface area contributed by atoms with Crippen molar-refractivity contribution in [1.29, 1.82) is 0 Å². The van der Waals surface area contributed by atoms with Crippen molar-refractivity contribution in [2.45, 2.75) is 266 Å². The molecule has 113 heavy (non-hydrogen) atoms. The molecule has 0 saturated carbocycles. The van der Waals surface area contributed by atoms with Gasteiger partial charge in [0.15, 0.2) is 0 Å². The van der Waals surface area contributed by atoms with Crippen LogP contribution in [0.4, 0.5) is 0 Å². The van der Waals surface area contributed by atoms with Gasteiger partial charge in [-0.05, 0) is 148 Å². The number of nitrogens with two attached hydrogens (primary N) is 2. The third-order valence-electron chi connectivity index (χ3n) is 19.7. The van der Waals surface area contributed by atoms with E-state index in [1.54, 1.807) is 37.4 Å². The second-order valence-corrected chi connectivity index (χ2v) is 30.4. The number of carbonyl (C=O) groups excluding carboxylic acids is 16. The van der Waals surface area contributed by atoms with Crippen LogP contribution in [-0.4, -0.2) is 194 Å². The molecule has 0 radical (unpaired) electrons. The number of phenols is 1. The zero-order valence-electron chi connectivity index (χ0n) is 66.3. The summed E-state index contributed by atoms with van der Waals surface area (Å²) < 4.78 is 0. The van der Waals surface area contributed by atoms with Gasteiger partial charge in [0.05, 0.1) is 35.5 Å². The summed E-state index contributed by atoms with van der Waals surface area (Å²) in [6.07, 6.45) is 6.82. The number of aromatic hydroxyl groups is 1. The predicted molar refractivity (Wildman–Crippen MR) is 421 cm³/mol. The molecule has 14 atom stereocenters. The molecule has 0 spiro atoms. The zero-order chi connectivity index (χ0) is 83.9. The van der Waals surface area contributed by atoms with Gasteiger partial charge in [-0.3, -0.25) is 81.5 Å². The summed E-state index contributed by atoms with van der Waals surface area (Å²) in [6.45, 7) is 17.0. The third kappa shape index (κ3) is 31.9. The quantitative estimate of drug-likeness (QED) is 0.0350. The SMILES string of the molecule is C.CC(=O)C[C@]1(C)CCCCCC/C=C/CCC[C@@](C)(C(=O)NC(C)C(=O)N[C@@H](C)C(=O)NC(C)C(=O)N[C@@H](C)C(=O)C(=O)[C@H](C)NC[C@H](C)C(N)=O)NC(=O)[C@H](CC(C)C)CN[C@@H](CCC(N)=O)C(=O)C(=O)[C@H](C)NC(=O)[C@H](Cc2c[nH]c3ccccc23)NC(=O)C(Cc2ccc(O)cc2)NC(=O)[C@H](CCC(=O)O)NC1=O. The molecule has 2 aromatic carbocycles.